The molecule has 140 valence electrons. The van der Waals surface area contributed by atoms with Crippen LogP contribution in [0.3, 0.4) is 0 Å². The Bertz CT molecular complexity index is 990. The van der Waals surface area contributed by atoms with E-state index >= 15 is 0 Å². The second kappa shape index (κ2) is 7.34. The standard InChI is InChI=1S/C17H21N3O4S2/c1-14-6-7-16(20-9-2-3-10-25(20,21)22)11-17(14)26(23,24)19-13-15-5-4-8-18-12-15/h4-8,11-12,19H,2-3,9-10,13H2,1H3. The molecule has 3 rings (SSSR count). The van der Waals surface area contributed by atoms with Crippen molar-refractivity contribution < 1.29 is 16.8 Å². The Morgan fingerprint density at radius 3 is 2.73 bits per heavy atom. The molecule has 1 aliphatic rings. The van der Waals surface area contributed by atoms with Crippen LogP contribution in [0.25, 0.3) is 0 Å². The third-order valence-electron chi connectivity index (χ3n) is 4.29. The summed E-state index contributed by atoms with van der Waals surface area (Å²) in [5.74, 6) is 0.0855. The molecule has 0 unspecified atom stereocenters. The van der Waals surface area contributed by atoms with Crippen LogP contribution in [0.15, 0.2) is 47.6 Å². The van der Waals surface area contributed by atoms with Crippen LogP contribution in [0, 0.1) is 6.92 Å². The van der Waals surface area contributed by atoms with Crippen LogP contribution in [0.2, 0.25) is 0 Å². The molecule has 26 heavy (non-hydrogen) atoms. The molecule has 1 aliphatic heterocycles. The van der Waals surface area contributed by atoms with Gasteiger partial charge in [0.15, 0.2) is 0 Å². The van der Waals surface area contributed by atoms with E-state index in [1.807, 2.05) is 0 Å². The SMILES string of the molecule is Cc1ccc(N2CCCCS2(=O)=O)cc1S(=O)(=O)NCc1cccnc1. The number of aromatic nitrogens is 1. The molecule has 1 saturated heterocycles. The van der Waals surface area contributed by atoms with Crippen LogP contribution in [0.4, 0.5) is 5.69 Å². The number of nitrogens with zero attached hydrogens (tertiary/aromatic N) is 2. The van der Waals surface area contributed by atoms with Gasteiger partial charge in [-0.3, -0.25) is 9.29 Å². The van der Waals surface area contributed by atoms with E-state index in [9.17, 15) is 16.8 Å². The quantitative estimate of drug-likeness (QED) is 0.833. The minimum Gasteiger partial charge on any atom is -0.270 e. The van der Waals surface area contributed by atoms with Gasteiger partial charge in [0.1, 0.15) is 0 Å². The van der Waals surface area contributed by atoms with Crippen LogP contribution in [-0.4, -0.2) is 34.1 Å². The van der Waals surface area contributed by atoms with Gasteiger partial charge < -0.3 is 0 Å². The fourth-order valence-electron chi connectivity index (χ4n) is 2.87. The highest BCUT2D eigenvalue weighted by Crippen LogP contribution is 2.27. The van der Waals surface area contributed by atoms with Crippen LogP contribution in [0.5, 0.6) is 0 Å². The van der Waals surface area contributed by atoms with Crippen LogP contribution in [0.1, 0.15) is 24.0 Å². The first-order chi connectivity index (χ1) is 12.3. The number of anilines is 1. The summed E-state index contributed by atoms with van der Waals surface area (Å²) < 4.78 is 53.9. The molecule has 7 nitrogen and oxygen atoms in total. The van der Waals surface area contributed by atoms with Crippen molar-refractivity contribution in [3.05, 3.63) is 53.9 Å². The average Bonchev–Trinajstić information content (AvgIpc) is 2.61. The van der Waals surface area contributed by atoms with E-state index in [0.717, 1.165) is 12.0 Å². The molecule has 1 aromatic carbocycles. The number of nitrogens with one attached hydrogen (secondary N) is 1. The Morgan fingerprint density at radius 1 is 1.23 bits per heavy atom. The maximum absolute atomic E-state index is 12.7. The van der Waals surface area contributed by atoms with Gasteiger partial charge in [0.05, 0.1) is 16.3 Å². The summed E-state index contributed by atoms with van der Waals surface area (Å²) in [7, 11) is -7.18. The van der Waals surface area contributed by atoms with Crippen molar-refractivity contribution in [2.24, 2.45) is 0 Å². The zero-order valence-electron chi connectivity index (χ0n) is 14.4. The van der Waals surface area contributed by atoms with E-state index in [-0.39, 0.29) is 17.2 Å². The highest BCUT2D eigenvalue weighted by atomic mass is 32.2. The molecule has 0 bridgehead atoms. The maximum Gasteiger partial charge on any atom is 0.241 e. The van der Waals surface area contributed by atoms with Gasteiger partial charge in [-0.05, 0) is 49.1 Å². The molecule has 1 N–H and O–H groups in total. The molecule has 2 aromatic rings. The lowest BCUT2D eigenvalue weighted by atomic mass is 10.2. The molecule has 0 radical (unpaired) electrons. The summed E-state index contributed by atoms with van der Waals surface area (Å²) in [5.41, 5.74) is 1.68. The Hall–Kier alpha value is -1.97. The van der Waals surface area contributed by atoms with Crippen molar-refractivity contribution in [3.8, 4) is 0 Å². The van der Waals surface area contributed by atoms with Crippen molar-refractivity contribution >= 4 is 25.7 Å². The first-order valence-corrected chi connectivity index (χ1v) is 11.4. The van der Waals surface area contributed by atoms with Crippen molar-refractivity contribution in [2.75, 3.05) is 16.6 Å². The highest BCUT2D eigenvalue weighted by Gasteiger charge is 2.27. The molecule has 2 heterocycles. The fraction of sp³-hybridized carbons (Fsp3) is 0.353. The molecular formula is C17H21N3O4S2. The summed E-state index contributed by atoms with van der Waals surface area (Å²) in [4.78, 5) is 4.04. The molecule has 0 spiro atoms. The van der Waals surface area contributed by atoms with Gasteiger partial charge in [0, 0.05) is 25.5 Å². The van der Waals surface area contributed by atoms with E-state index in [4.69, 9.17) is 0 Å². The number of aryl methyl sites for hydroxylation is 1. The van der Waals surface area contributed by atoms with E-state index in [1.165, 1.54) is 10.4 Å². The number of hydrogen-bond acceptors (Lipinski definition) is 5. The molecule has 0 atom stereocenters. The smallest absolute Gasteiger partial charge is 0.241 e. The summed E-state index contributed by atoms with van der Waals surface area (Å²) in [6, 6.07) is 8.23. The van der Waals surface area contributed by atoms with E-state index in [2.05, 4.69) is 9.71 Å². The molecule has 0 saturated carbocycles. The first-order valence-electron chi connectivity index (χ1n) is 8.29. The van der Waals surface area contributed by atoms with Gasteiger partial charge in [-0.2, -0.15) is 0 Å². The van der Waals surface area contributed by atoms with Crippen LogP contribution in [-0.2, 0) is 26.6 Å². The number of hydrogen-bond donors (Lipinski definition) is 1. The number of sulfonamides is 2. The van der Waals surface area contributed by atoms with E-state index < -0.39 is 20.0 Å². The van der Waals surface area contributed by atoms with Gasteiger partial charge in [0.2, 0.25) is 20.0 Å². The zero-order chi connectivity index (χ0) is 18.8. The zero-order valence-corrected chi connectivity index (χ0v) is 16.1. The second-order valence-corrected chi connectivity index (χ2v) is 9.98. The summed E-state index contributed by atoms with van der Waals surface area (Å²) >= 11 is 0. The molecule has 0 amide bonds. The average molecular weight is 396 g/mol. The monoisotopic (exact) mass is 395 g/mol. The predicted molar refractivity (Wildman–Crippen MR) is 99.8 cm³/mol. The third kappa shape index (κ3) is 4.05. The summed E-state index contributed by atoms with van der Waals surface area (Å²) in [5, 5.41) is 0. The topological polar surface area (TPSA) is 96.4 Å². The first kappa shape index (κ1) is 18.8. The van der Waals surface area contributed by atoms with Gasteiger partial charge in [0.25, 0.3) is 0 Å². The lowest BCUT2D eigenvalue weighted by Crippen LogP contribution is -2.38. The van der Waals surface area contributed by atoms with Crippen LogP contribution < -0.4 is 9.03 Å². The van der Waals surface area contributed by atoms with Crippen molar-refractivity contribution in [3.63, 3.8) is 0 Å². The lowest BCUT2D eigenvalue weighted by Gasteiger charge is -2.28. The minimum atomic E-state index is -3.79. The largest absolute Gasteiger partial charge is 0.270 e. The normalized spacial score (nSPS) is 17.2. The van der Waals surface area contributed by atoms with Gasteiger partial charge in [-0.1, -0.05) is 12.1 Å². The third-order valence-corrected chi connectivity index (χ3v) is 7.70. The van der Waals surface area contributed by atoms with Crippen molar-refractivity contribution in [1.82, 2.24) is 9.71 Å². The van der Waals surface area contributed by atoms with Gasteiger partial charge >= 0.3 is 0 Å². The van der Waals surface area contributed by atoms with Gasteiger partial charge in [-0.15, -0.1) is 0 Å². The molecule has 0 aliphatic carbocycles. The van der Waals surface area contributed by atoms with Crippen molar-refractivity contribution in [2.45, 2.75) is 31.2 Å². The molecule has 1 aromatic heterocycles. The minimum absolute atomic E-state index is 0.0830. The fourth-order valence-corrected chi connectivity index (χ4v) is 5.78. The van der Waals surface area contributed by atoms with Crippen LogP contribution >= 0.6 is 0 Å². The molecular weight excluding hydrogens is 374 g/mol. The Morgan fingerprint density at radius 2 is 2.04 bits per heavy atom. The van der Waals surface area contributed by atoms with E-state index in [0.29, 0.717) is 24.2 Å². The number of benzene rings is 1. The summed E-state index contributed by atoms with van der Waals surface area (Å²) in [6.45, 7) is 2.17. The van der Waals surface area contributed by atoms with Crippen molar-refractivity contribution in [1.29, 1.82) is 0 Å². The van der Waals surface area contributed by atoms with Gasteiger partial charge in [-0.25, -0.2) is 21.6 Å². The molecule has 9 heteroatoms. The Labute approximate surface area is 154 Å². The molecule has 1 fully saturated rings. The Kier molecular flexibility index (Phi) is 5.31. The lowest BCUT2D eigenvalue weighted by molar-refractivity contribution is 0.573. The summed E-state index contributed by atoms with van der Waals surface area (Å²) in [6.07, 6.45) is 4.59. The Balaban J connectivity index is 1.89. The second-order valence-electron chi connectivity index (χ2n) is 6.23. The predicted octanol–water partition coefficient (Wildman–Crippen LogP) is 1.80. The van der Waals surface area contributed by atoms with E-state index in [1.54, 1.807) is 43.6 Å². The number of rotatable bonds is 5. The highest BCUT2D eigenvalue weighted by molar-refractivity contribution is 7.92. The number of pyridine rings is 1. The maximum atomic E-state index is 12.7.